The van der Waals surface area contributed by atoms with Crippen LogP contribution in [0, 0.1) is 0 Å². The van der Waals surface area contributed by atoms with E-state index in [1.54, 1.807) is 0 Å². The summed E-state index contributed by atoms with van der Waals surface area (Å²) < 4.78 is 5.40. The standard InChI is InChI=1S/C19H18N2O2S/c1-2-23-16-10-8-14(9-11-16)12-18(22)21-19-20-17(13-24-19)15-6-4-3-5-7-15/h3-11,13H,2,12H2,1H3,(H,20,21,22). The van der Waals surface area contributed by atoms with Gasteiger partial charge < -0.3 is 10.1 Å². The third-order valence-electron chi connectivity index (χ3n) is 3.42. The molecule has 0 aliphatic heterocycles. The number of amides is 1. The number of carbonyl (C=O) groups is 1. The molecule has 122 valence electrons. The lowest BCUT2D eigenvalue weighted by Gasteiger charge is -2.05. The number of aromatic nitrogens is 1. The molecule has 0 spiro atoms. The lowest BCUT2D eigenvalue weighted by Crippen LogP contribution is -2.14. The quantitative estimate of drug-likeness (QED) is 0.725. The van der Waals surface area contributed by atoms with E-state index < -0.39 is 0 Å². The molecule has 0 aliphatic rings. The maximum atomic E-state index is 12.2. The predicted molar refractivity (Wildman–Crippen MR) is 97.5 cm³/mol. The van der Waals surface area contributed by atoms with Crippen molar-refractivity contribution in [2.75, 3.05) is 11.9 Å². The first-order valence-electron chi connectivity index (χ1n) is 7.77. The van der Waals surface area contributed by atoms with Gasteiger partial charge in [-0.15, -0.1) is 11.3 Å². The fraction of sp³-hybridized carbons (Fsp3) is 0.158. The summed E-state index contributed by atoms with van der Waals surface area (Å²) in [5.74, 6) is 0.738. The Bertz CT molecular complexity index is 798. The van der Waals surface area contributed by atoms with Crippen LogP contribution in [0.5, 0.6) is 5.75 Å². The molecule has 1 N–H and O–H groups in total. The van der Waals surface area contributed by atoms with E-state index >= 15 is 0 Å². The Kier molecular flexibility index (Phi) is 5.23. The van der Waals surface area contributed by atoms with E-state index in [4.69, 9.17) is 4.74 Å². The van der Waals surface area contributed by atoms with Gasteiger partial charge in [-0.3, -0.25) is 4.79 Å². The van der Waals surface area contributed by atoms with Gasteiger partial charge in [0.1, 0.15) is 5.75 Å². The third-order valence-corrected chi connectivity index (χ3v) is 4.18. The zero-order valence-electron chi connectivity index (χ0n) is 13.4. The molecule has 0 saturated carbocycles. The summed E-state index contributed by atoms with van der Waals surface area (Å²) in [6.45, 7) is 2.58. The number of nitrogens with zero attached hydrogens (tertiary/aromatic N) is 1. The summed E-state index contributed by atoms with van der Waals surface area (Å²) in [5, 5.41) is 5.42. The Morgan fingerprint density at radius 1 is 1.12 bits per heavy atom. The van der Waals surface area contributed by atoms with Crippen molar-refractivity contribution in [1.82, 2.24) is 4.98 Å². The highest BCUT2D eigenvalue weighted by Crippen LogP contribution is 2.24. The molecule has 3 aromatic rings. The Morgan fingerprint density at radius 2 is 1.88 bits per heavy atom. The SMILES string of the molecule is CCOc1ccc(CC(=O)Nc2nc(-c3ccccc3)cs2)cc1. The number of nitrogens with one attached hydrogen (secondary N) is 1. The molecular weight excluding hydrogens is 320 g/mol. The molecule has 5 heteroatoms. The number of rotatable bonds is 6. The number of hydrogen-bond donors (Lipinski definition) is 1. The fourth-order valence-corrected chi connectivity index (χ4v) is 3.03. The van der Waals surface area contributed by atoms with Gasteiger partial charge in [0.25, 0.3) is 0 Å². The van der Waals surface area contributed by atoms with Crippen molar-refractivity contribution >= 4 is 22.4 Å². The number of thiazole rings is 1. The van der Waals surface area contributed by atoms with Crippen LogP contribution in [0.15, 0.2) is 60.0 Å². The number of anilines is 1. The van der Waals surface area contributed by atoms with E-state index in [9.17, 15) is 4.79 Å². The second-order valence-corrected chi connectivity index (χ2v) is 6.06. The zero-order chi connectivity index (χ0) is 16.8. The second-order valence-electron chi connectivity index (χ2n) is 5.21. The van der Waals surface area contributed by atoms with Gasteiger partial charge in [0.2, 0.25) is 5.91 Å². The molecule has 0 bridgehead atoms. The maximum Gasteiger partial charge on any atom is 0.230 e. The molecule has 3 rings (SSSR count). The van der Waals surface area contributed by atoms with E-state index in [0.29, 0.717) is 18.2 Å². The molecular formula is C19H18N2O2S. The van der Waals surface area contributed by atoms with E-state index in [1.165, 1.54) is 11.3 Å². The van der Waals surface area contributed by atoms with E-state index in [1.807, 2.05) is 66.9 Å². The summed E-state index contributed by atoms with van der Waals surface area (Å²) >= 11 is 1.43. The number of carbonyl (C=O) groups excluding carboxylic acids is 1. The summed E-state index contributed by atoms with van der Waals surface area (Å²) in [7, 11) is 0. The molecule has 2 aromatic carbocycles. The zero-order valence-corrected chi connectivity index (χ0v) is 14.2. The van der Waals surface area contributed by atoms with E-state index in [2.05, 4.69) is 10.3 Å². The molecule has 4 nitrogen and oxygen atoms in total. The van der Waals surface area contributed by atoms with Crippen molar-refractivity contribution < 1.29 is 9.53 Å². The summed E-state index contributed by atoms with van der Waals surface area (Å²) in [4.78, 5) is 16.6. The first-order chi connectivity index (χ1) is 11.7. The lowest BCUT2D eigenvalue weighted by atomic mass is 10.1. The van der Waals surface area contributed by atoms with Gasteiger partial charge in [-0.2, -0.15) is 0 Å². The van der Waals surface area contributed by atoms with Crippen LogP contribution in [-0.2, 0) is 11.2 Å². The fourth-order valence-electron chi connectivity index (χ4n) is 2.29. The van der Waals surface area contributed by atoms with Crippen molar-refractivity contribution in [3.8, 4) is 17.0 Å². The highest BCUT2D eigenvalue weighted by atomic mass is 32.1. The predicted octanol–water partition coefficient (Wildman–Crippen LogP) is 4.39. The maximum absolute atomic E-state index is 12.2. The van der Waals surface area contributed by atoms with Crippen molar-refractivity contribution in [3.05, 3.63) is 65.5 Å². The van der Waals surface area contributed by atoms with Crippen molar-refractivity contribution in [1.29, 1.82) is 0 Å². The highest BCUT2D eigenvalue weighted by Gasteiger charge is 2.09. The van der Waals surface area contributed by atoms with Crippen molar-refractivity contribution in [2.45, 2.75) is 13.3 Å². The van der Waals surface area contributed by atoms with Crippen LogP contribution in [0.2, 0.25) is 0 Å². The second kappa shape index (κ2) is 7.75. The molecule has 0 saturated heterocycles. The summed E-state index contributed by atoms with van der Waals surface area (Å²) in [6.07, 6.45) is 0.312. The van der Waals surface area contributed by atoms with Gasteiger partial charge in [0.15, 0.2) is 5.13 Å². The van der Waals surface area contributed by atoms with Crippen LogP contribution >= 0.6 is 11.3 Å². The number of hydrogen-bond acceptors (Lipinski definition) is 4. The first-order valence-corrected chi connectivity index (χ1v) is 8.65. The van der Waals surface area contributed by atoms with Gasteiger partial charge in [-0.25, -0.2) is 4.98 Å². The summed E-state index contributed by atoms with van der Waals surface area (Å²) in [6, 6.07) is 17.5. The van der Waals surface area contributed by atoms with Gasteiger partial charge in [-0.1, -0.05) is 42.5 Å². The molecule has 0 unspecified atom stereocenters. The minimum absolute atomic E-state index is 0.0758. The van der Waals surface area contributed by atoms with Crippen LogP contribution < -0.4 is 10.1 Å². The molecule has 0 fully saturated rings. The molecule has 0 aliphatic carbocycles. The number of ether oxygens (including phenoxy) is 1. The van der Waals surface area contributed by atoms with Crippen molar-refractivity contribution in [3.63, 3.8) is 0 Å². The van der Waals surface area contributed by atoms with Crippen LogP contribution in [0.25, 0.3) is 11.3 Å². The Labute approximate surface area is 145 Å². The lowest BCUT2D eigenvalue weighted by molar-refractivity contribution is -0.115. The minimum Gasteiger partial charge on any atom is -0.494 e. The molecule has 1 amide bonds. The van der Waals surface area contributed by atoms with Gasteiger partial charge in [0, 0.05) is 10.9 Å². The van der Waals surface area contributed by atoms with Gasteiger partial charge in [-0.05, 0) is 24.6 Å². The summed E-state index contributed by atoms with van der Waals surface area (Å²) in [5.41, 5.74) is 2.86. The highest BCUT2D eigenvalue weighted by molar-refractivity contribution is 7.14. The smallest absolute Gasteiger partial charge is 0.230 e. The Balaban J connectivity index is 1.60. The van der Waals surface area contributed by atoms with E-state index in [-0.39, 0.29) is 5.91 Å². The van der Waals surface area contributed by atoms with Crippen LogP contribution in [0.3, 0.4) is 0 Å². The molecule has 24 heavy (non-hydrogen) atoms. The monoisotopic (exact) mass is 338 g/mol. The Morgan fingerprint density at radius 3 is 2.58 bits per heavy atom. The molecule has 0 atom stereocenters. The average molecular weight is 338 g/mol. The van der Waals surface area contributed by atoms with E-state index in [0.717, 1.165) is 22.6 Å². The first kappa shape index (κ1) is 16.2. The Hall–Kier alpha value is -2.66. The van der Waals surface area contributed by atoms with Crippen LogP contribution in [0.1, 0.15) is 12.5 Å². The molecule has 1 heterocycles. The topological polar surface area (TPSA) is 51.2 Å². The van der Waals surface area contributed by atoms with Gasteiger partial charge >= 0.3 is 0 Å². The largest absolute Gasteiger partial charge is 0.494 e. The molecule has 0 radical (unpaired) electrons. The van der Waals surface area contributed by atoms with Crippen molar-refractivity contribution in [2.24, 2.45) is 0 Å². The average Bonchev–Trinajstić information content (AvgIpc) is 3.06. The minimum atomic E-state index is -0.0758. The van der Waals surface area contributed by atoms with Crippen LogP contribution in [-0.4, -0.2) is 17.5 Å². The normalized spacial score (nSPS) is 10.4. The third kappa shape index (κ3) is 4.20. The molecule has 1 aromatic heterocycles. The van der Waals surface area contributed by atoms with Gasteiger partial charge in [0.05, 0.1) is 18.7 Å². The van der Waals surface area contributed by atoms with Crippen LogP contribution in [0.4, 0.5) is 5.13 Å². The number of benzene rings is 2.